The summed E-state index contributed by atoms with van der Waals surface area (Å²) in [5.74, 6) is 0.00718. The minimum absolute atomic E-state index is 0.117. The third-order valence-electron chi connectivity index (χ3n) is 3.03. The highest BCUT2D eigenvalue weighted by atomic mass is 79.9. The van der Waals surface area contributed by atoms with Crippen LogP contribution < -0.4 is 5.14 Å². The Labute approximate surface area is 134 Å². The minimum atomic E-state index is -3.87. The number of primary sulfonamides is 1. The number of ether oxygens (including phenoxy) is 1. The molecule has 0 saturated carbocycles. The van der Waals surface area contributed by atoms with E-state index in [0.717, 1.165) is 12.8 Å². The average molecular weight is 378 g/mol. The van der Waals surface area contributed by atoms with Crippen molar-refractivity contribution in [3.05, 3.63) is 27.7 Å². The zero-order chi connectivity index (χ0) is 16.2. The molecule has 0 aromatic heterocycles. The predicted molar refractivity (Wildman–Crippen MR) is 84.6 cm³/mol. The summed E-state index contributed by atoms with van der Waals surface area (Å²) in [7, 11) is -3.87. The Kier molecular flexibility index (Phi) is 6.37. The lowest BCUT2D eigenvalue weighted by atomic mass is 10.1. The molecule has 0 radical (unpaired) electrons. The molecule has 0 spiro atoms. The van der Waals surface area contributed by atoms with Crippen LogP contribution >= 0.6 is 15.9 Å². The smallest absolute Gasteiger partial charge is 0.338 e. The van der Waals surface area contributed by atoms with Crippen molar-refractivity contribution in [3.63, 3.8) is 0 Å². The van der Waals surface area contributed by atoms with Gasteiger partial charge in [-0.3, -0.25) is 0 Å². The molecule has 7 heteroatoms. The first kappa shape index (κ1) is 18.1. The van der Waals surface area contributed by atoms with Crippen LogP contribution in [0.15, 0.2) is 21.5 Å². The summed E-state index contributed by atoms with van der Waals surface area (Å²) in [4.78, 5) is 11.9. The summed E-state index contributed by atoms with van der Waals surface area (Å²) >= 11 is 3.23. The van der Waals surface area contributed by atoms with Crippen LogP contribution in [-0.4, -0.2) is 21.0 Å². The van der Waals surface area contributed by atoms with Gasteiger partial charge in [-0.2, -0.15) is 0 Å². The molecule has 0 fully saturated rings. The van der Waals surface area contributed by atoms with Crippen molar-refractivity contribution in [2.24, 2.45) is 11.1 Å². The third kappa shape index (κ3) is 5.41. The highest BCUT2D eigenvalue weighted by Gasteiger charge is 2.18. The fourth-order valence-corrected chi connectivity index (χ4v) is 2.94. The lowest BCUT2D eigenvalue weighted by molar-refractivity contribution is 0.0493. The van der Waals surface area contributed by atoms with Crippen molar-refractivity contribution in [3.8, 4) is 0 Å². The zero-order valence-corrected chi connectivity index (χ0v) is 14.8. The molecule has 0 saturated heterocycles. The summed E-state index contributed by atoms with van der Waals surface area (Å²) in [5.41, 5.74) is 0.828. The van der Waals surface area contributed by atoms with E-state index in [9.17, 15) is 13.2 Å². The van der Waals surface area contributed by atoms with E-state index in [1.807, 2.05) is 0 Å². The number of esters is 1. The first-order valence-corrected chi connectivity index (χ1v) is 8.97. The number of carbonyl (C=O) groups excluding carboxylic acids is 1. The van der Waals surface area contributed by atoms with Crippen LogP contribution in [0.2, 0.25) is 0 Å². The maximum atomic E-state index is 12.1. The van der Waals surface area contributed by atoms with Gasteiger partial charge in [0, 0.05) is 4.47 Å². The maximum Gasteiger partial charge on any atom is 0.338 e. The molecule has 1 rings (SSSR count). The Hall–Kier alpha value is -0.920. The molecular formula is C14H20BrNO4S. The van der Waals surface area contributed by atoms with Crippen LogP contribution in [-0.2, 0) is 14.8 Å². The van der Waals surface area contributed by atoms with Gasteiger partial charge in [0.1, 0.15) is 0 Å². The number of benzene rings is 1. The van der Waals surface area contributed by atoms with Gasteiger partial charge in [-0.25, -0.2) is 18.4 Å². The molecule has 5 nitrogen and oxygen atoms in total. The van der Waals surface area contributed by atoms with E-state index >= 15 is 0 Å². The van der Waals surface area contributed by atoms with Gasteiger partial charge in [-0.05, 0) is 43.4 Å². The quantitative estimate of drug-likeness (QED) is 0.609. The van der Waals surface area contributed by atoms with Gasteiger partial charge < -0.3 is 4.74 Å². The lowest BCUT2D eigenvalue weighted by Crippen LogP contribution is -2.15. The summed E-state index contributed by atoms with van der Waals surface area (Å²) in [6, 6.07) is 2.63. The molecule has 1 aromatic rings. The average Bonchev–Trinajstić information content (AvgIpc) is 2.35. The van der Waals surface area contributed by atoms with Gasteiger partial charge in [0.25, 0.3) is 0 Å². The van der Waals surface area contributed by atoms with Crippen LogP contribution in [0.5, 0.6) is 0 Å². The largest absolute Gasteiger partial charge is 0.462 e. The van der Waals surface area contributed by atoms with E-state index in [1.54, 1.807) is 6.92 Å². The van der Waals surface area contributed by atoms with Crippen molar-refractivity contribution in [1.82, 2.24) is 0 Å². The molecular weight excluding hydrogens is 358 g/mol. The van der Waals surface area contributed by atoms with E-state index in [1.165, 1.54) is 12.1 Å². The molecule has 0 bridgehead atoms. The molecule has 118 valence electrons. The Morgan fingerprint density at radius 3 is 2.52 bits per heavy atom. The van der Waals surface area contributed by atoms with Crippen LogP contribution in [0, 0.1) is 12.8 Å². The molecule has 0 aliphatic rings. The van der Waals surface area contributed by atoms with Gasteiger partial charge in [-0.1, -0.05) is 29.8 Å². The Morgan fingerprint density at radius 1 is 1.38 bits per heavy atom. The normalized spacial score (nSPS) is 11.7. The number of hydrogen-bond acceptors (Lipinski definition) is 4. The maximum absolute atomic E-state index is 12.1. The van der Waals surface area contributed by atoms with Crippen molar-refractivity contribution >= 4 is 31.9 Å². The first-order chi connectivity index (χ1) is 9.62. The summed E-state index contributed by atoms with van der Waals surface area (Å²) in [5, 5.41) is 5.10. The summed E-state index contributed by atoms with van der Waals surface area (Å²) in [6.45, 7) is 6.21. The number of halogens is 1. The lowest BCUT2D eigenvalue weighted by Gasteiger charge is -2.11. The van der Waals surface area contributed by atoms with Crippen LogP contribution in [0.1, 0.15) is 42.6 Å². The van der Waals surface area contributed by atoms with Gasteiger partial charge >= 0.3 is 5.97 Å². The molecule has 0 heterocycles. The molecule has 1 aromatic carbocycles. The number of rotatable bonds is 6. The van der Waals surface area contributed by atoms with Gasteiger partial charge in [0.15, 0.2) is 0 Å². The zero-order valence-electron chi connectivity index (χ0n) is 12.3. The van der Waals surface area contributed by atoms with Crippen LogP contribution in [0.3, 0.4) is 0 Å². The van der Waals surface area contributed by atoms with Crippen molar-refractivity contribution in [1.29, 1.82) is 0 Å². The number of hydrogen-bond donors (Lipinski definition) is 1. The van der Waals surface area contributed by atoms with E-state index in [4.69, 9.17) is 9.88 Å². The third-order valence-corrected chi connectivity index (χ3v) is 4.74. The highest BCUT2D eigenvalue weighted by Crippen LogP contribution is 2.25. The topological polar surface area (TPSA) is 86.5 Å². The molecule has 0 unspecified atom stereocenters. The Morgan fingerprint density at radius 2 is 2.00 bits per heavy atom. The Bertz CT molecular complexity index is 626. The molecule has 0 atom stereocenters. The first-order valence-electron chi connectivity index (χ1n) is 6.63. The molecule has 0 amide bonds. The minimum Gasteiger partial charge on any atom is -0.462 e. The standard InChI is InChI=1S/C14H20BrNO4S/c1-9(2)5-4-6-20-14(17)12-7-11(21(16,18)19)8-13(15)10(12)3/h7-9H,4-6H2,1-3H3,(H2,16,18,19). The number of carbonyl (C=O) groups is 1. The van der Waals surface area contributed by atoms with Crippen molar-refractivity contribution in [2.45, 2.75) is 38.5 Å². The van der Waals surface area contributed by atoms with Crippen LogP contribution in [0.4, 0.5) is 0 Å². The SMILES string of the molecule is Cc1c(Br)cc(S(N)(=O)=O)cc1C(=O)OCCCC(C)C. The fourth-order valence-electron chi connectivity index (χ4n) is 1.76. The molecule has 2 N–H and O–H groups in total. The van der Waals surface area contributed by atoms with Crippen molar-refractivity contribution < 1.29 is 17.9 Å². The van der Waals surface area contributed by atoms with E-state index in [2.05, 4.69) is 29.8 Å². The van der Waals surface area contributed by atoms with E-state index in [-0.39, 0.29) is 10.5 Å². The van der Waals surface area contributed by atoms with Gasteiger partial charge in [0.05, 0.1) is 17.1 Å². The molecule has 21 heavy (non-hydrogen) atoms. The Balaban J connectivity index is 2.91. The monoisotopic (exact) mass is 377 g/mol. The van der Waals surface area contributed by atoms with Crippen molar-refractivity contribution in [2.75, 3.05) is 6.61 Å². The second kappa shape index (κ2) is 7.38. The highest BCUT2D eigenvalue weighted by molar-refractivity contribution is 9.10. The molecule has 0 aliphatic heterocycles. The predicted octanol–water partition coefficient (Wildman–Crippen LogP) is 3.00. The second-order valence-corrected chi connectivity index (χ2v) is 7.71. The van der Waals surface area contributed by atoms with Crippen LogP contribution in [0.25, 0.3) is 0 Å². The summed E-state index contributed by atoms with van der Waals surface area (Å²) < 4.78 is 28.5. The van der Waals surface area contributed by atoms with Gasteiger partial charge in [-0.15, -0.1) is 0 Å². The van der Waals surface area contributed by atoms with E-state index < -0.39 is 16.0 Å². The number of sulfonamides is 1. The summed E-state index contributed by atoms with van der Waals surface area (Å²) in [6.07, 6.45) is 1.74. The number of nitrogens with two attached hydrogens (primary N) is 1. The second-order valence-electron chi connectivity index (χ2n) is 5.29. The fraction of sp³-hybridized carbons (Fsp3) is 0.500. The van der Waals surface area contributed by atoms with E-state index in [0.29, 0.717) is 22.6 Å². The van der Waals surface area contributed by atoms with Gasteiger partial charge in [0.2, 0.25) is 10.0 Å². The molecule has 0 aliphatic carbocycles.